The van der Waals surface area contributed by atoms with Crippen LogP contribution in [0.5, 0.6) is 5.88 Å². The van der Waals surface area contributed by atoms with Crippen molar-refractivity contribution < 1.29 is 27.4 Å². The Bertz CT molecular complexity index is 659. The Morgan fingerprint density at radius 1 is 1.36 bits per heavy atom. The maximum absolute atomic E-state index is 13.6. The Morgan fingerprint density at radius 2 is 2.09 bits per heavy atom. The molecular formula is C14H13F3N2O3. The lowest BCUT2D eigenvalue weighted by Gasteiger charge is -2.08. The Kier molecular flexibility index (Phi) is 5.03. The first-order valence-corrected chi connectivity index (χ1v) is 6.44. The highest BCUT2D eigenvalue weighted by atomic mass is 19.3. The quantitative estimate of drug-likeness (QED) is 0.769. The molecule has 0 fully saturated rings. The lowest BCUT2D eigenvalue weighted by atomic mass is 10.2. The summed E-state index contributed by atoms with van der Waals surface area (Å²) >= 11 is 0. The minimum atomic E-state index is -3.09. The van der Waals surface area contributed by atoms with Gasteiger partial charge in [0.1, 0.15) is 5.82 Å². The number of nitrogens with zero attached hydrogens (tertiary/aromatic N) is 2. The summed E-state index contributed by atoms with van der Waals surface area (Å²) in [7, 11) is 0. The summed E-state index contributed by atoms with van der Waals surface area (Å²) in [5, 5.41) is 3.84. The number of esters is 1. The van der Waals surface area contributed by atoms with E-state index in [1.54, 1.807) is 13.0 Å². The zero-order valence-electron chi connectivity index (χ0n) is 11.6. The second-order valence-electron chi connectivity index (χ2n) is 4.22. The van der Waals surface area contributed by atoms with Crippen LogP contribution in [-0.2, 0) is 11.3 Å². The van der Waals surface area contributed by atoms with Gasteiger partial charge >= 0.3 is 12.6 Å². The van der Waals surface area contributed by atoms with Gasteiger partial charge in [-0.15, -0.1) is 0 Å². The van der Waals surface area contributed by atoms with Crippen molar-refractivity contribution >= 4 is 5.97 Å². The molecule has 0 saturated carbocycles. The first-order chi connectivity index (χ1) is 10.5. The molecule has 22 heavy (non-hydrogen) atoms. The number of hydrogen-bond donors (Lipinski definition) is 0. The summed E-state index contributed by atoms with van der Waals surface area (Å²) in [4.78, 5) is 11.6. The smallest absolute Gasteiger partial charge is 0.388 e. The predicted octanol–water partition coefficient (Wildman–Crippen LogP) is 2.85. The van der Waals surface area contributed by atoms with Crippen LogP contribution in [0.15, 0.2) is 30.3 Å². The van der Waals surface area contributed by atoms with Crippen LogP contribution >= 0.6 is 0 Å². The molecule has 0 amide bonds. The molecule has 1 heterocycles. The molecule has 0 aliphatic rings. The van der Waals surface area contributed by atoms with Crippen molar-refractivity contribution in [1.82, 2.24) is 9.78 Å². The molecule has 8 heteroatoms. The van der Waals surface area contributed by atoms with Crippen LogP contribution in [0, 0.1) is 5.82 Å². The van der Waals surface area contributed by atoms with E-state index in [2.05, 4.69) is 9.84 Å². The molecule has 1 aromatic heterocycles. The number of carbonyl (C=O) groups excluding carboxylic acids is 1. The van der Waals surface area contributed by atoms with E-state index in [0.29, 0.717) is 0 Å². The van der Waals surface area contributed by atoms with E-state index in [4.69, 9.17) is 4.74 Å². The summed E-state index contributed by atoms with van der Waals surface area (Å²) < 4.78 is 48.5. The third-order valence-corrected chi connectivity index (χ3v) is 2.72. The summed E-state index contributed by atoms with van der Waals surface area (Å²) in [6.07, 6.45) is 0. The number of ether oxygens (including phenoxy) is 2. The molecule has 0 aliphatic heterocycles. The Balaban J connectivity index is 2.31. The Labute approximate surface area is 124 Å². The van der Waals surface area contributed by atoms with Gasteiger partial charge in [-0.25, -0.2) is 13.9 Å². The summed E-state index contributed by atoms with van der Waals surface area (Å²) in [5.74, 6) is -1.63. The van der Waals surface area contributed by atoms with E-state index in [0.717, 1.165) is 10.7 Å². The number of aromatic nitrogens is 2. The number of carbonyl (C=O) groups is 1. The van der Waals surface area contributed by atoms with Gasteiger partial charge < -0.3 is 9.47 Å². The molecule has 118 valence electrons. The average molecular weight is 314 g/mol. The first-order valence-electron chi connectivity index (χ1n) is 6.44. The van der Waals surface area contributed by atoms with Gasteiger partial charge in [0.05, 0.1) is 13.2 Å². The van der Waals surface area contributed by atoms with Crippen LogP contribution < -0.4 is 4.74 Å². The van der Waals surface area contributed by atoms with Crippen LogP contribution in [0.25, 0.3) is 0 Å². The highest BCUT2D eigenvalue weighted by molar-refractivity contribution is 5.87. The summed E-state index contributed by atoms with van der Waals surface area (Å²) in [6, 6.07) is 6.85. The van der Waals surface area contributed by atoms with Crippen molar-refractivity contribution in [3.05, 3.63) is 47.4 Å². The zero-order chi connectivity index (χ0) is 16.1. The third kappa shape index (κ3) is 3.78. The third-order valence-electron chi connectivity index (χ3n) is 2.72. The minimum Gasteiger partial charge on any atom is -0.461 e. The largest absolute Gasteiger partial charge is 0.461 e. The predicted molar refractivity (Wildman–Crippen MR) is 70.3 cm³/mol. The zero-order valence-corrected chi connectivity index (χ0v) is 11.6. The second kappa shape index (κ2) is 6.97. The fourth-order valence-corrected chi connectivity index (χ4v) is 1.79. The maximum Gasteiger partial charge on any atom is 0.388 e. The molecule has 2 aromatic rings. The van der Waals surface area contributed by atoms with Crippen LogP contribution in [0.4, 0.5) is 13.2 Å². The molecule has 0 bridgehead atoms. The van der Waals surface area contributed by atoms with Crippen LogP contribution in [-0.4, -0.2) is 29.0 Å². The van der Waals surface area contributed by atoms with E-state index in [1.807, 2.05) is 0 Å². The van der Waals surface area contributed by atoms with Gasteiger partial charge in [-0.3, -0.25) is 0 Å². The van der Waals surface area contributed by atoms with Crippen molar-refractivity contribution in [2.24, 2.45) is 0 Å². The highest BCUT2D eigenvalue weighted by Crippen LogP contribution is 2.19. The van der Waals surface area contributed by atoms with Gasteiger partial charge in [-0.2, -0.15) is 13.9 Å². The van der Waals surface area contributed by atoms with Gasteiger partial charge in [0, 0.05) is 11.6 Å². The highest BCUT2D eigenvalue weighted by Gasteiger charge is 2.19. The van der Waals surface area contributed by atoms with Crippen molar-refractivity contribution in [1.29, 1.82) is 0 Å². The van der Waals surface area contributed by atoms with Crippen molar-refractivity contribution in [2.75, 3.05) is 6.61 Å². The van der Waals surface area contributed by atoms with Crippen molar-refractivity contribution in [3.8, 4) is 5.88 Å². The number of halogens is 3. The molecule has 0 spiro atoms. The standard InChI is InChI=1S/C14H13F3N2O3/c1-2-21-13(20)11-7-12(22-14(16)17)19(18-11)8-9-5-3-4-6-10(9)15/h3-7,14H,2,8H2,1H3. The summed E-state index contributed by atoms with van der Waals surface area (Å²) in [6.45, 7) is -1.53. The van der Waals surface area contributed by atoms with Gasteiger partial charge in [0.15, 0.2) is 5.69 Å². The molecule has 0 saturated heterocycles. The monoisotopic (exact) mass is 314 g/mol. The molecule has 5 nitrogen and oxygen atoms in total. The minimum absolute atomic E-state index is 0.115. The SMILES string of the molecule is CCOC(=O)c1cc(OC(F)F)n(Cc2ccccc2F)n1. The maximum atomic E-state index is 13.6. The second-order valence-corrected chi connectivity index (χ2v) is 4.22. The van der Waals surface area contributed by atoms with Crippen LogP contribution in [0.1, 0.15) is 23.0 Å². The summed E-state index contributed by atoms with van der Waals surface area (Å²) in [5.41, 5.74) is 0.0361. The number of benzene rings is 1. The lowest BCUT2D eigenvalue weighted by Crippen LogP contribution is -2.11. The lowest BCUT2D eigenvalue weighted by molar-refractivity contribution is -0.0556. The van der Waals surface area contributed by atoms with Crippen LogP contribution in [0.3, 0.4) is 0 Å². The van der Waals surface area contributed by atoms with Crippen molar-refractivity contribution in [3.63, 3.8) is 0 Å². The van der Waals surface area contributed by atoms with Crippen molar-refractivity contribution in [2.45, 2.75) is 20.1 Å². The fourth-order valence-electron chi connectivity index (χ4n) is 1.79. The van der Waals surface area contributed by atoms with Crippen LogP contribution in [0.2, 0.25) is 0 Å². The number of rotatable bonds is 6. The van der Waals surface area contributed by atoms with Gasteiger partial charge in [0.2, 0.25) is 5.88 Å². The van der Waals surface area contributed by atoms with E-state index in [9.17, 15) is 18.0 Å². The Hall–Kier alpha value is -2.51. The van der Waals surface area contributed by atoms with Gasteiger partial charge in [0.25, 0.3) is 0 Å². The van der Waals surface area contributed by atoms with E-state index < -0.39 is 18.4 Å². The number of hydrogen-bond acceptors (Lipinski definition) is 4. The molecule has 2 rings (SSSR count). The molecule has 0 N–H and O–H groups in total. The molecular weight excluding hydrogens is 301 g/mol. The first kappa shape index (κ1) is 15.9. The molecule has 0 atom stereocenters. The molecule has 0 unspecified atom stereocenters. The normalized spacial score (nSPS) is 10.8. The van der Waals surface area contributed by atoms with Gasteiger partial charge in [-0.05, 0) is 13.0 Å². The molecule has 0 aliphatic carbocycles. The van der Waals surface area contributed by atoms with E-state index in [1.165, 1.54) is 18.2 Å². The molecule has 1 aromatic carbocycles. The Morgan fingerprint density at radius 3 is 2.73 bits per heavy atom. The fraction of sp³-hybridized carbons (Fsp3) is 0.286. The van der Waals surface area contributed by atoms with E-state index >= 15 is 0 Å². The van der Waals surface area contributed by atoms with Gasteiger partial charge in [-0.1, -0.05) is 18.2 Å². The average Bonchev–Trinajstić information content (AvgIpc) is 2.84. The van der Waals surface area contributed by atoms with E-state index in [-0.39, 0.29) is 30.3 Å². The topological polar surface area (TPSA) is 53.4 Å². The number of alkyl halides is 2. The molecule has 0 radical (unpaired) electrons.